The van der Waals surface area contributed by atoms with Gasteiger partial charge in [0.05, 0.1) is 41.3 Å². The molecule has 37 heavy (non-hydrogen) atoms. The molecule has 0 aliphatic rings. The second kappa shape index (κ2) is 10.7. The summed E-state index contributed by atoms with van der Waals surface area (Å²) in [5.74, 6) is -0.720. The topological polar surface area (TPSA) is 101 Å². The third-order valence-corrected chi connectivity index (χ3v) is 10.2. The lowest BCUT2D eigenvalue weighted by molar-refractivity contribution is 0.0520. The van der Waals surface area contributed by atoms with Crippen molar-refractivity contribution in [3.8, 4) is 5.75 Å². The monoisotopic (exact) mass is 561 g/mol. The Morgan fingerprint density at radius 2 is 1.65 bits per heavy atom. The van der Waals surface area contributed by atoms with Crippen LogP contribution in [-0.2, 0) is 23.8 Å². The van der Waals surface area contributed by atoms with E-state index in [1.807, 2.05) is 0 Å². The highest BCUT2D eigenvalue weighted by Gasteiger charge is 2.43. The molecule has 0 saturated carbocycles. The minimum atomic E-state index is -4.36. The molecule has 11 heteroatoms. The number of benzene rings is 3. The molecule has 1 aromatic heterocycles. The zero-order valence-corrected chi connectivity index (χ0v) is 22.8. The van der Waals surface area contributed by atoms with Gasteiger partial charge in [-0.25, -0.2) is 17.2 Å². The van der Waals surface area contributed by atoms with Gasteiger partial charge in [-0.05, 0) is 56.3 Å². The number of hydrogen-bond acceptors (Lipinski definition) is 7. The number of para-hydroxylation sites is 1. The number of ether oxygens (including phenoxy) is 2. The van der Waals surface area contributed by atoms with Crippen LogP contribution in [0.1, 0.15) is 24.3 Å². The Hall–Kier alpha value is -3.10. The first-order valence-corrected chi connectivity index (χ1v) is 14.8. The van der Waals surface area contributed by atoms with Gasteiger partial charge in [-0.2, -0.15) is 0 Å². The molecule has 0 saturated heterocycles. The van der Waals surface area contributed by atoms with Gasteiger partial charge in [0.2, 0.25) is 0 Å². The number of hydrogen-bond donors (Lipinski definition) is 0. The summed E-state index contributed by atoms with van der Waals surface area (Å²) in [7, 11) is -7.11. The normalized spacial score (nSPS) is 13.3. The predicted molar refractivity (Wildman–Crippen MR) is 143 cm³/mol. The van der Waals surface area contributed by atoms with Crippen LogP contribution in [0.5, 0.6) is 5.75 Å². The maximum atomic E-state index is 15.0. The van der Waals surface area contributed by atoms with Crippen LogP contribution in [0.4, 0.5) is 0 Å². The van der Waals surface area contributed by atoms with E-state index in [0.717, 1.165) is 3.97 Å². The Labute approximate surface area is 220 Å². The molecule has 1 atom stereocenters. The summed E-state index contributed by atoms with van der Waals surface area (Å²) in [5, 5.41) is 0.467. The molecular formula is C26H25ClNO7PS. The van der Waals surface area contributed by atoms with Crippen LogP contribution in [0.15, 0.2) is 77.7 Å². The lowest BCUT2D eigenvalue weighted by Crippen LogP contribution is -2.28. The third kappa shape index (κ3) is 4.68. The average Bonchev–Trinajstić information content (AvgIpc) is 3.25. The number of methoxy groups -OCH3 is 1. The van der Waals surface area contributed by atoms with E-state index in [1.165, 1.54) is 37.4 Å². The fourth-order valence-electron chi connectivity index (χ4n) is 4.15. The smallest absolute Gasteiger partial charge is 0.356 e. The summed E-state index contributed by atoms with van der Waals surface area (Å²) in [4.78, 5) is 13.4. The zero-order valence-electron chi connectivity index (χ0n) is 20.4. The number of esters is 1. The molecule has 194 valence electrons. The average molecular weight is 562 g/mol. The van der Waals surface area contributed by atoms with Crippen molar-refractivity contribution in [1.29, 1.82) is 0 Å². The van der Waals surface area contributed by atoms with E-state index in [1.54, 1.807) is 56.3 Å². The van der Waals surface area contributed by atoms with Gasteiger partial charge in [0.15, 0.2) is 5.69 Å². The Balaban J connectivity index is 2.24. The molecule has 0 bridgehead atoms. The van der Waals surface area contributed by atoms with Gasteiger partial charge in [-0.3, -0.25) is 4.57 Å². The summed E-state index contributed by atoms with van der Waals surface area (Å²) >= 11 is 6.33. The molecule has 0 aliphatic heterocycles. The van der Waals surface area contributed by atoms with Crippen LogP contribution >= 0.6 is 19.0 Å². The third-order valence-electron chi connectivity index (χ3n) is 5.62. The SMILES string of the molecule is CCOC(=O)c1c(P(=O)(OCC)c2ccccc2OC)c2cc(Cl)ccc2n1S(=O)(=O)c1ccccc1. The molecule has 4 rings (SSSR count). The number of carbonyl (C=O) groups is 1. The van der Waals surface area contributed by atoms with E-state index < -0.39 is 29.1 Å². The van der Waals surface area contributed by atoms with E-state index in [0.29, 0.717) is 0 Å². The molecule has 0 N–H and O–H groups in total. The zero-order chi connectivity index (χ0) is 26.8. The highest BCUT2D eigenvalue weighted by molar-refractivity contribution is 7.90. The van der Waals surface area contributed by atoms with Crippen LogP contribution in [0.2, 0.25) is 5.02 Å². The largest absolute Gasteiger partial charge is 0.496 e. The van der Waals surface area contributed by atoms with Crippen LogP contribution in [0, 0.1) is 0 Å². The molecule has 0 aliphatic carbocycles. The van der Waals surface area contributed by atoms with E-state index in [2.05, 4.69) is 0 Å². The van der Waals surface area contributed by atoms with Crippen molar-refractivity contribution in [2.75, 3.05) is 20.3 Å². The van der Waals surface area contributed by atoms with Gasteiger partial charge in [0.25, 0.3) is 17.4 Å². The van der Waals surface area contributed by atoms with Crippen molar-refractivity contribution in [3.05, 3.63) is 83.5 Å². The quantitative estimate of drug-likeness (QED) is 0.210. The van der Waals surface area contributed by atoms with Gasteiger partial charge < -0.3 is 14.0 Å². The highest BCUT2D eigenvalue weighted by atomic mass is 35.5. The van der Waals surface area contributed by atoms with Gasteiger partial charge in [-0.1, -0.05) is 41.9 Å². The molecule has 0 spiro atoms. The summed E-state index contributed by atoms with van der Waals surface area (Å²) in [6.07, 6.45) is 0. The van der Waals surface area contributed by atoms with Crippen molar-refractivity contribution in [3.63, 3.8) is 0 Å². The molecular weight excluding hydrogens is 537 g/mol. The first-order chi connectivity index (χ1) is 17.7. The van der Waals surface area contributed by atoms with Crippen molar-refractivity contribution < 1.29 is 31.8 Å². The predicted octanol–water partition coefficient (Wildman–Crippen LogP) is 4.98. The van der Waals surface area contributed by atoms with E-state index in [-0.39, 0.29) is 50.4 Å². The molecule has 8 nitrogen and oxygen atoms in total. The molecule has 4 aromatic rings. The molecule has 0 fully saturated rings. The van der Waals surface area contributed by atoms with Crippen LogP contribution < -0.4 is 15.3 Å². The Bertz CT molecular complexity index is 1620. The summed E-state index contributed by atoms with van der Waals surface area (Å²) in [5.41, 5.74) is -0.327. The second-order valence-corrected chi connectivity index (χ2v) is 12.3. The fourth-order valence-corrected chi connectivity index (χ4v) is 8.51. The molecule has 0 radical (unpaired) electrons. The van der Waals surface area contributed by atoms with E-state index in [9.17, 15) is 17.8 Å². The number of halogens is 1. The summed E-state index contributed by atoms with van der Waals surface area (Å²) in [6, 6.07) is 18.6. The van der Waals surface area contributed by atoms with Crippen molar-refractivity contribution in [1.82, 2.24) is 3.97 Å². The molecule has 1 heterocycles. The van der Waals surface area contributed by atoms with Gasteiger partial charge in [0.1, 0.15) is 5.75 Å². The first kappa shape index (κ1) is 26.9. The number of nitrogens with zero attached hydrogens (tertiary/aromatic N) is 1. The van der Waals surface area contributed by atoms with Gasteiger partial charge in [-0.15, -0.1) is 0 Å². The fraction of sp³-hybridized carbons (Fsp3) is 0.192. The Kier molecular flexibility index (Phi) is 7.80. The number of carbonyl (C=O) groups excluding carboxylic acids is 1. The van der Waals surface area contributed by atoms with Gasteiger partial charge >= 0.3 is 5.97 Å². The standard InChI is InChI=1S/C26H25ClNO7PS/c1-4-34-26(29)24-25(36(30,35-5-2)23-14-10-9-13-22(23)33-3)20-17-18(27)15-16-21(20)28(24)37(31,32)19-11-7-6-8-12-19/h6-17H,4-5H2,1-3H3. The maximum Gasteiger partial charge on any atom is 0.356 e. The number of rotatable bonds is 9. The minimum Gasteiger partial charge on any atom is -0.496 e. The number of fused-ring (bicyclic) bond motifs is 1. The summed E-state index contributed by atoms with van der Waals surface area (Å²) < 4.78 is 60.5. The lowest BCUT2D eigenvalue weighted by atomic mass is 10.2. The van der Waals surface area contributed by atoms with Crippen LogP contribution in [0.3, 0.4) is 0 Å². The van der Waals surface area contributed by atoms with E-state index >= 15 is 0 Å². The Morgan fingerprint density at radius 3 is 2.30 bits per heavy atom. The summed E-state index contributed by atoms with van der Waals surface area (Å²) in [6.45, 7) is 3.20. The van der Waals surface area contributed by atoms with Crippen molar-refractivity contribution in [2.24, 2.45) is 0 Å². The molecule has 1 unspecified atom stereocenters. The Morgan fingerprint density at radius 1 is 0.973 bits per heavy atom. The molecule has 3 aromatic carbocycles. The lowest BCUT2D eigenvalue weighted by Gasteiger charge is -2.21. The second-order valence-electron chi connectivity index (χ2n) is 7.80. The molecule has 0 amide bonds. The van der Waals surface area contributed by atoms with Gasteiger partial charge in [0, 0.05) is 10.4 Å². The highest BCUT2D eigenvalue weighted by Crippen LogP contribution is 2.51. The van der Waals surface area contributed by atoms with Crippen molar-refractivity contribution >= 4 is 56.5 Å². The maximum absolute atomic E-state index is 15.0. The van der Waals surface area contributed by atoms with Crippen molar-refractivity contribution in [2.45, 2.75) is 18.7 Å². The van der Waals surface area contributed by atoms with Crippen LogP contribution in [-0.4, -0.2) is 38.7 Å². The number of aromatic nitrogens is 1. The van der Waals surface area contributed by atoms with Crippen LogP contribution in [0.25, 0.3) is 10.9 Å². The minimum absolute atomic E-state index is 0.00370. The first-order valence-electron chi connectivity index (χ1n) is 11.4. The van der Waals surface area contributed by atoms with E-state index in [4.69, 9.17) is 25.6 Å².